The highest BCUT2D eigenvalue weighted by Crippen LogP contribution is 2.32. The molecule has 164 valence electrons. The van der Waals surface area contributed by atoms with Gasteiger partial charge < -0.3 is 14.8 Å². The van der Waals surface area contributed by atoms with Crippen LogP contribution in [0.2, 0.25) is 0 Å². The third-order valence-corrected chi connectivity index (χ3v) is 5.49. The Bertz CT molecular complexity index is 1280. The molecule has 1 aliphatic rings. The first kappa shape index (κ1) is 20.5. The van der Waals surface area contributed by atoms with Crippen molar-refractivity contribution in [2.75, 3.05) is 12.4 Å². The van der Waals surface area contributed by atoms with Crippen molar-refractivity contribution in [1.82, 2.24) is 14.8 Å². The molecular formula is C26H22N4O3. The van der Waals surface area contributed by atoms with Crippen LogP contribution in [0.5, 0.6) is 5.75 Å². The molecule has 0 bridgehead atoms. The third-order valence-electron chi connectivity index (χ3n) is 5.49. The number of methoxy groups -OCH3 is 1. The molecule has 5 rings (SSSR count). The van der Waals surface area contributed by atoms with E-state index < -0.39 is 0 Å². The topological polar surface area (TPSA) is 78.3 Å². The number of nitrogens with one attached hydrogen (secondary N) is 1. The lowest BCUT2D eigenvalue weighted by atomic mass is 10.0. The molecule has 1 unspecified atom stereocenters. The van der Waals surface area contributed by atoms with E-state index in [0.29, 0.717) is 18.1 Å². The molecule has 0 saturated heterocycles. The number of benzene rings is 3. The molecule has 7 nitrogen and oxygen atoms in total. The summed E-state index contributed by atoms with van der Waals surface area (Å²) in [5.41, 5.74) is 4.65. The number of nitrogens with zero attached hydrogens (tertiary/aromatic N) is 3. The summed E-state index contributed by atoms with van der Waals surface area (Å²) < 4.78 is 12.5. The monoisotopic (exact) mass is 438 g/mol. The van der Waals surface area contributed by atoms with Crippen molar-refractivity contribution >= 4 is 17.6 Å². The highest BCUT2D eigenvalue weighted by molar-refractivity contribution is 5.89. The van der Waals surface area contributed by atoms with E-state index in [-0.39, 0.29) is 12.0 Å². The van der Waals surface area contributed by atoms with Crippen LogP contribution in [0.4, 0.5) is 5.95 Å². The number of esters is 1. The Hall–Kier alpha value is -4.39. The molecule has 1 atom stereocenters. The molecule has 1 N–H and O–H groups in total. The number of carbonyl (C=O) groups is 1. The maximum absolute atomic E-state index is 11.6. The summed E-state index contributed by atoms with van der Waals surface area (Å²) in [6, 6.07) is 25.2. The van der Waals surface area contributed by atoms with E-state index in [0.717, 1.165) is 28.1 Å². The van der Waals surface area contributed by atoms with Gasteiger partial charge in [-0.15, -0.1) is 0 Å². The second-order valence-corrected chi connectivity index (χ2v) is 7.59. The van der Waals surface area contributed by atoms with Crippen LogP contribution in [-0.4, -0.2) is 27.8 Å². The fourth-order valence-electron chi connectivity index (χ4n) is 3.74. The van der Waals surface area contributed by atoms with Gasteiger partial charge in [-0.3, -0.25) is 0 Å². The minimum Gasteiger partial charge on any atom is -0.489 e. The average Bonchev–Trinajstić information content (AvgIpc) is 3.36. The zero-order chi connectivity index (χ0) is 22.6. The van der Waals surface area contributed by atoms with Crippen LogP contribution in [0.25, 0.3) is 5.70 Å². The number of hydrogen-bond donors (Lipinski definition) is 1. The normalized spacial score (nSPS) is 14.6. The van der Waals surface area contributed by atoms with Crippen molar-refractivity contribution in [1.29, 1.82) is 0 Å². The van der Waals surface area contributed by atoms with Crippen LogP contribution in [-0.2, 0) is 11.3 Å². The summed E-state index contributed by atoms with van der Waals surface area (Å²) >= 11 is 0. The molecule has 0 saturated carbocycles. The molecule has 1 aromatic heterocycles. The molecule has 0 fully saturated rings. The van der Waals surface area contributed by atoms with Gasteiger partial charge in [0.15, 0.2) is 0 Å². The number of anilines is 1. The molecule has 4 aromatic rings. The molecular weight excluding hydrogens is 416 g/mol. The first-order valence-electron chi connectivity index (χ1n) is 10.5. The lowest BCUT2D eigenvalue weighted by Crippen LogP contribution is -2.20. The van der Waals surface area contributed by atoms with E-state index in [1.165, 1.54) is 7.11 Å². The number of rotatable bonds is 6. The van der Waals surface area contributed by atoms with Crippen LogP contribution < -0.4 is 10.1 Å². The van der Waals surface area contributed by atoms with Gasteiger partial charge in [0, 0.05) is 5.70 Å². The van der Waals surface area contributed by atoms with Crippen molar-refractivity contribution < 1.29 is 14.3 Å². The summed E-state index contributed by atoms with van der Waals surface area (Å²) in [6.45, 7) is 0.402. The summed E-state index contributed by atoms with van der Waals surface area (Å²) in [4.78, 5) is 15.9. The van der Waals surface area contributed by atoms with Gasteiger partial charge in [0.05, 0.1) is 12.7 Å². The fourth-order valence-corrected chi connectivity index (χ4v) is 3.74. The maximum Gasteiger partial charge on any atom is 0.337 e. The summed E-state index contributed by atoms with van der Waals surface area (Å²) in [5.74, 6) is 1.11. The SMILES string of the molecule is COC(=O)c1ccc(COc2ccc(C3C=C(c4ccccc4)Nc4ncnn43)cc2)cc1. The standard InChI is InChI=1S/C26H22N4O3/c1-32-25(31)21-9-7-18(8-10-21)16-33-22-13-11-20(12-14-22)24-15-23(19-5-3-2-4-6-19)29-26-27-17-28-30(24)26/h2-15,17,24H,16H2,1H3,(H,27,28,29). The van der Waals surface area contributed by atoms with Gasteiger partial charge in [-0.1, -0.05) is 54.6 Å². The summed E-state index contributed by atoms with van der Waals surface area (Å²) in [6.07, 6.45) is 3.70. The van der Waals surface area contributed by atoms with Crippen molar-refractivity contribution in [3.05, 3.63) is 114 Å². The largest absolute Gasteiger partial charge is 0.489 e. The first-order valence-corrected chi connectivity index (χ1v) is 10.5. The van der Waals surface area contributed by atoms with Gasteiger partial charge in [-0.05, 0) is 47.0 Å². The van der Waals surface area contributed by atoms with Crippen LogP contribution in [0.3, 0.4) is 0 Å². The molecule has 7 heteroatoms. The predicted molar refractivity (Wildman–Crippen MR) is 125 cm³/mol. The highest BCUT2D eigenvalue weighted by atomic mass is 16.5. The number of aromatic nitrogens is 3. The molecule has 2 heterocycles. The zero-order valence-electron chi connectivity index (χ0n) is 18.0. The Balaban J connectivity index is 1.32. The summed E-state index contributed by atoms with van der Waals surface area (Å²) in [5, 5.41) is 7.76. The fraction of sp³-hybridized carbons (Fsp3) is 0.115. The van der Waals surface area contributed by atoms with Crippen molar-refractivity contribution in [3.63, 3.8) is 0 Å². The van der Waals surface area contributed by atoms with E-state index in [2.05, 4.69) is 33.6 Å². The van der Waals surface area contributed by atoms with Gasteiger partial charge in [0.2, 0.25) is 5.95 Å². The zero-order valence-corrected chi connectivity index (χ0v) is 18.0. The van der Waals surface area contributed by atoms with Gasteiger partial charge >= 0.3 is 5.97 Å². The Labute approximate surface area is 191 Å². The van der Waals surface area contributed by atoms with Gasteiger partial charge in [-0.2, -0.15) is 10.1 Å². The number of hydrogen-bond acceptors (Lipinski definition) is 6. The van der Waals surface area contributed by atoms with E-state index in [9.17, 15) is 4.79 Å². The predicted octanol–water partition coefficient (Wildman–Crippen LogP) is 4.70. The first-order chi connectivity index (χ1) is 16.2. The molecule has 3 aromatic carbocycles. The second kappa shape index (κ2) is 9.00. The third kappa shape index (κ3) is 4.34. The van der Waals surface area contributed by atoms with Crippen molar-refractivity contribution in [2.45, 2.75) is 12.6 Å². The minimum atomic E-state index is -0.351. The van der Waals surface area contributed by atoms with E-state index in [1.807, 2.05) is 59.3 Å². The van der Waals surface area contributed by atoms with E-state index >= 15 is 0 Å². The van der Waals surface area contributed by atoms with Gasteiger partial charge in [-0.25, -0.2) is 9.48 Å². The Morgan fingerprint density at radius 2 is 1.76 bits per heavy atom. The average molecular weight is 438 g/mol. The Morgan fingerprint density at radius 1 is 1.00 bits per heavy atom. The lowest BCUT2D eigenvalue weighted by molar-refractivity contribution is 0.0600. The van der Waals surface area contributed by atoms with Crippen LogP contribution in [0.15, 0.2) is 91.3 Å². The highest BCUT2D eigenvalue weighted by Gasteiger charge is 2.23. The molecule has 1 aliphatic heterocycles. The molecule has 0 amide bonds. The number of fused-ring (bicyclic) bond motifs is 1. The quantitative estimate of drug-likeness (QED) is 0.440. The molecule has 0 aliphatic carbocycles. The molecule has 0 radical (unpaired) electrons. The number of carbonyl (C=O) groups excluding carboxylic acids is 1. The van der Waals surface area contributed by atoms with Crippen LogP contribution in [0, 0.1) is 0 Å². The molecule has 33 heavy (non-hydrogen) atoms. The van der Waals surface area contributed by atoms with Crippen LogP contribution in [0.1, 0.15) is 33.1 Å². The van der Waals surface area contributed by atoms with Gasteiger partial charge in [0.25, 0.3) is 0 Å². The second-order valence-electron chi connectivity index (χ2n) is 7.59. The van der Waals surface area contributed by atoms with Crippen LogP contribution >= 0.6 is 0 Å². The number of ether oxygens (including phenoxy) is 2. The Morgan fingerprint density at radius 3 is 2.48 bits per heavy atom. The summed E-state index contributed by atoms with van der Waals surface area (Å²) in [7, 11) is 1.37. The Kier molecular flexibility index (Phi) is 5.59. The smallest absolute Gasteiger partial charge is 0.337 e. The van der Waals surface area contributed by atoms with E-state index in [4.69, 9.17) is 9.47 Å². The minimum absolute atomic E-state index is 0.0844. The molecule has 0 spiro atoms. The maximum atomic E-state index is 11.6. The van der Waals surface area contributed by atoms with Gasteiger partial charge in [0.1, 0.15) is 24.7 Å². The number of allylic oxidation sites excluding steroid dienone is 1. The van der Waals surface area contributed by atoms with Crippen molar-refractivity contribution in [2.24, 2.45) is 0 Å². The van der Waals surface area contributed by atoms with Crippen molar-refractivity contribution in [3.8, 4) is 5.75 Å². The lowest BCUT2D eigenvalue weighted by Gasteiger charge is -2.24. The van der Waals surface area contributed by atoms with E-state index in [1.54, 1.807) is 18.5 Å².